The van der Waals surface area contributed by atoms with Crippen molar-refractivity contribution in [3.8, 4) is 0 Å². The van der Waals surface area contributed by atoms with Crippen LogP contribution in [0.25, 0.3) is 0 Å². The first kappa shape index (κ1) is 9.85. The largest absolute Gasteiger partial charge is 0.304 e. The summed E-state index contributed by atoms with van der Waals surface area (Å²) in [6, 6.07) is 1.98. The minimum atomic E-state index is 0.673. The van der Waals surface area contributed by atoms with Crippen LogP contribution in [-0.2, 0) is 27.2 Å². The highest BCUT2D eigenvalue weighted by atomic mass is 15.3. The fraction of sp³-hybridized carbons (Fsp3) is 0.444. The summed E-state index contributed by atoms with van der Waals surface area (Å²) in [6.07, 6.45) is 3.48. The minimum absolute atomic E-state index is 0.673. The summed E-state index contributed by atoms with van der Waals surface area (Å²) in [5.41, 5.74) is 1.14. The van der Waals surface area contributed by atoms with Crippen LogP contribution in [-0.4, -0.2) is 24.5 Å². The van der Waals surface area contributed by atoms with E-state index in [1.54, 1.807) is 17.2 Å². The second-order valence-corrected chi connectivity index (χ2v) is 3.38. The lowest BCUT2D eigenvalue weighted by molar-refractivity contribution is 0.606. The van der Waals surface area contributed by atoms with Crippen LogP contribution in [0, 0.1) is 0 Å². The van der Waals surface area contributed by atoms with E-state index in [2.05, 4.69) is 20.5 Å². The van der Waals surface area contributed by atoms with E-state index < -0.39 is 0 Å². The van der Waals surface area contributed by atoms with Gasteiger partial charge in [-0.3, -0.25) is 9.36 Å². The van der Waals surface area contributed by atoms with Gasteiger partial charge in [-0.2, -0.15) is 10.2 Å². The van der Waals surface area contributed by atoms with E-state index in [1.165, 1.54) is 0 Å². The van der Waals surface area contributed by atoms with Crippen LogP contribution < -0.4 is 5.32 Å². The maximum Gasteiger partial charge on any atom is 0.164 e. The second-order valence-electron chi connectivity index (χ2n) is 3.38. The average molecular weight is 206 g/mol. The van der Waals surface area contributed by atoms with E-state index in [0.29, 0.717) is 6.54 Å². The van der Waals surface area contributed by atoms with Gasteiger partial charge in [0.2, 0.25) is 0 Å². The normalized spacial score (nSPS) is 10.8. The molecule has 0 saturated heterocycles. The molecule has 0 spiro atoms. The lowest BCUT2D eigenvalue weighted by Crippen LogP contribution is -2.16. The van der Waals surface area contributed by atoms with E-state index in [9.17, 15) is 0 Å². The third kappa shape index (κ3) is 2.41. The van der Waals surface area contributed by atoms with Crippen LogP contribution in [0.15, 0.2) is 18.6 Å². The number of hydrogen-bond acceptors (Lipinski definition) is 4. The first-order valence-electron chi connectivity index (χ1n) is 4.78. The quantitative estimate of drug-likeness (QED) is 0.755. The predicted octanol–water partition coefficient (Wildman–Crippen LogP) is -0.162. The minimum Gasteiger partial charge on any atom is -0.304 e. The fourth-order valence-corrected chi connectivity index (χ4v) is 1.34. The molecule has 2 heterocycles. The first-order chi connectivity index (χ1) is 7.25. The lowest BCUT2D eigenvalue weighted by Gasteiger charge is -2.02. The molecular weight excluding hydrogens is 192 g/mol. The maximum atomic E-state index is 4.17. The van der Waals surface area contributed by atoms with E-state index >= 15 is 0 Å². The standard InChI is InChI=1S/C9H14N6/c1-14-7-11-9(13-14)6-10-5-8-3-4-12-15(8)2/h3-4,7,10H,5-6H2,1-2H3. The average Bonchev–Trinajstić information content (AvgIpc) is 2.77. The number of nitrogens with one attached hydrogen (secondary N) is 1. The lowest BCUT2D eigenvalue weighted by atomic mass is 10.4. The van der Waals surface area contributed by atoms with Crippen molar-refractivity contribution < 1.29 is 0 Å². The van der Waals surface area contributed by atoms with Gasteiger partial charge in [0.1, 0.15) is 6.33 Å². The molecule has 0 radical (unpaired) electrons. The molecule has 6 nitrogen and oxygen atoms in total. The Morgan fingerprint density at radius 1 is 1.33 bits per heavy atom. The van der Waals surface area contributed by atoms with Crippen molar-refractivity contribution >= 4 is 0 Å². The van der Waals surface area contributed by atoms with Crippen molar-refractivity contribution in [1.82, 2.24) is 29.9 Å². The first-order valence-corrected chi connectivity index (χ1v) is 4.78. The summed E-state index contributed by atoms with van der Waals surface area (Å²) in [4.78, 5) is 4.12. The molecular formula is C9H14N6. The van der Waals surface area contributed by atoms with Crippen molar-refractivity contribution in [3.05, 3.63) is 30.1 Å². The molecule has 0 unspecified atom stereocenters. The SMILES string of the molecule is Cn1cnc(CNCc2ccnn2C)n1. The summed E-state index contributed by atoms with van der Waals surface area (Å²) < 4.78 is 3.54. The number of rotatable bonds is 4. The molecule has 0 saturated carbocycles. The van der Waals surface area contributed by atoms with Gasteiger partial charge in [-0.1, -0.05) is 0 Å². The fourth-order valence-electron chi connectivity index (χ4n) is 1.34. The zero-order valence-electron chi connectivity index (χ0n) is 8.88. The molecule has 0 aliphatic rings. The van der Waals surface area contributed by atoms with Crippen LogP contribution in [0.4, 0.5) is 0 Å². The smallest absolute Gasteiger partial charge is 0.164 e. The van der Waals surface area contributed by atoms with Crippen LogP contribution >= 0.6 is 0 Å². The van der Waals surface area contributed by atoms with Crippen molar-refractivity contribution in [2.45, 2.75) is 13.1 Å². The third-order valence-electron chi connectivity index (χ3n) is 2.16. The molecule has 80 valence electrons. The molecule has 1 N–H and O–H groups in total. The molecule has 2 rings (SSSR count). The highest BCUT2D eigenvalue weighted by Gasteiger charge is 2.00. The van der Waals surface area contributed by atoms with Crippen molar-refractivity contribution in [2.75, 3.05) is 0 Å². The third-order valence-corrected chi connectivity index (χ3v) is 2.16. The number of aromatic nitrogens is 5. The van der Waals surface area contributed by atoms with Crippen LogP contribution in [0.3, 0.4) is 0 Å². The van der Waals surface area contributed by atoms with Crippen LogP contribution in [0.5, 0.6) is 0 Å². The Morgan fingerprint density at radius 3 is 2.80 bits per heavy atom. The molecule has 0 aliphatic carbocycles. The van der Waals surface area contributed by atoms with Gasteiger partial charge in [0.15, 0.2) is 5.82 Å². The van der Waals surface area contributed by atoms with E-state index in [0.717, 1.165) is 18.1 Å². The Kier molecular flexibility index (Phi) is 2.77. The van der Waals surface area contributed by atoms with Gasteiger partial charge < -0.3 is 5.32 Å². The molecule has 0 atom stereocenters. The number of aryl methyl sites for hydroxylation is 2. The number of hydrogen-bond donors (Lipinski definition) is 1. The monoisotopic (exact) mass is 206 g/mol. The Labute approximate surface area is 87.9 Å². The molecule has 0 aromatic carbocycles. The second kappa shape index (κ2) is 4.22. The van der Waals surface area contributed by atoms with Crippen molar-refractivity contribution in [3.63, 3.8) is 0 Å². The zero-order valence-corrected chi connectivity index (χ0v) is 8.88. The topological polar surface area (TPSA) is 60.6 Å². The Balaban J connectivity index is 1.83. The molecule has 15 heavy (non-hydrogen) atoms. The summed E-state index contributed by atoms with van der Waals surface area (Å²) >= 11 is 0. The van der Waals surface area contributed by atoms with Gasteiger partial charge in [-0.05, 0) is 6.07 Å². The Hall–Kier alpha value is -1.69. The molecule has 2 aromatic heterocycles. The Morgan fingerprint density at radius 2 is 2.20 bits per heavy atom. The van der Waals surface area contributed by atoms with Crippen LogP contribution in [0.2, 0.25) is 0 Å². The van der Waals surface area contributed by atoms with Gasteiger partial charge >= 0.3 is 0 Å². The highest BCUT2D eigenvalue weighted by Crippen LogP contribution is 1.95. The van der Waals surface area contributed by atoms with E-state index in [1.807, 2.05) is 24.8 Å². The maximum absolute atomic E-state index is 4.17. The van der Waals surface area contributed by atoms with Crippen LogP contribution in [0.1, 0.15) is 11.5 Å². The van der Waals surface area contributed by atoms with Gasteiger partial charge in [0.25, 0.3) is 0 Å². The summed E-state index contributed by atoms with van der Waals surface area (Å²) in [5, 5.41) is 11.5. The summed E-state index contributed by atoms with van der Waals surface area (Å²) in [7, 11) is 3.79. The van der Waals surface area contributed by atoms with Gasteiger partial charge in [0, 0.05) is 26.8 Å². The molecule has 0 amide bonds. The van der Waals surface area contributed by atoms with Crippen molar-refractivity contribution in [1.29, 1.82) is 0 Å². The predicted molar refractivity (Wildman–Crippen MR) is 54.8 cm³/mol. The summed E-state index contributed by atoms with van der Waals surface area (Å²) in [5.74, 6) is 0.805. The summed E-state index contributed by atoms with van der Waals surface area (Å²) in [6.45, 7) is 1.45. The van der Waals surface area contributed by atoms with Gasteiger partial charge in [-0.25, -0.2) is 4.98 Å². The van der Waals surface area contributed by atoms with E-state index in [4.69, 9.17) is 0 Å². The number of nitrogens with zero attached hydrogens (tertiary/aromatic N) is 5. The molecule has 2 aromatic rings. The Bertz CT molecular complexity index is 429. The molecule has 6 heteroatoms. The van der Waals surface area contributed by atoms with Gasteiger partial charge in [0.05, 0.1) is 12.2 Å². The van der Waals surface area contributed by atoms with Crippen molar-refractivity contribution in [2.24, 2.45) is 14.1 Å². The van der Waals surface area contributed by atoms with Gasteiger partial charge in [-0.15, -0.1) is 0 Å². The molecule has 0 fully saturated rings. The molecule has 0 aliphatic heterocycles. The van der Waals surface area contributed by atoms with E-state index in [-0.39, 0.29) is 0 Å². The zero-order chi connectivity index (χ0) is 10.7. The highest BCUT2D eigenvalue weighted by molar-refractivity contribution is 4.99. The molecule has 0 bridgehead atoms.